The lowest BCUT2D eigenvalue weighted by Gasteiger charge is -2.17. The second-order valence-corrected chi connectivity index (χ2v) is 6.05. The van der Waals surface area contributed by atoms with Gasteiger partial charge in [-0.3, -0.25) is 14.6 Å². The molecule has 1 aromatic heterocycles. The van der Waals surface area contributed by atoms with Crippen LogP contribution >= 0.6 is 0 Å². The molecule has 1 heterocycles. The number of aryl methyl sites for hydroxylation is 1. The Balaban J connectivity index is 2.73. The van der Waals surface area contributed by atoms with Gasteiger partial charge < -0.3 is 9.64 Å². The van der Waals surface area contributed by atoms with Crippen molar-refractivity contribution >= 4 is 11.7 Å². The summed E-state index contributed by atoms with van der Waals surface area (Å²) in [5, 5.41) is 9.63. The molecule has 0 aliphatic carbocycles. The molecule has 2 aromatic rings. The minimum Gasteiger partial charge on any atom is -0.492 e. The van der Waals surface area contributed by atoms with Crippen LogP contribution in [-0.2, 0) is 0 Å². The molecule has 0 atom stereocenters. The van der Waals surface area contributed by atoms with Gasteiger partial charge in [0, 0.05) is 31.4 Å². The standard InChI is InChI=1S/C20H21N3O3/c1-6-26-19-15(13(3)24)9-12(2)16(10-21)18(19)14-7-8-17(22-11-14)20(25)23(4)5/h7-9,11H,6H2,1-5H3. The number of aromatic nitrogens is 1. The van der Waals surface area contributed by atoms with E-state index in [2.05, 4.69) is 11.1 Å². The monoisotopic (exact) mass is 351 g/mol. The summed E-state index contributed by atoms with van der Waals surface area (Å²) in [7, 11) is 3.30. The number of rotatable bonds is 5. The van der Waals surface area contributed by atoms with E-state index >= 15 is 0 Å². The van der Waals surface area contributed by atoms with E-state index in [1.54, 1.807) is 39.2 Å². The number of carbonyl (C=O) groups excluding carboxylic acids is 2. The molecule has 0 saturated heterocycles. The Labute approximate surface area is 153 Å². The summed E-state index contributed by atoms with van der Waals surface area (Å²) in [5.74, 6) is 0.0149. The largest absolute Gasteiger partial charge is 0.492 e. The number of amides is 1. The second kappa shape index (κ2) is 7.79. The lowest BCUT2D eigenvalue weighted by Crippen LogP contribution is -2.22. The third-order valence-corrected chi connectivity index (χ3v) is 3.93. The van der Waals surface area contributed by atoms with E-state index < -0.39 is 0 Å². The van der Waals surface area contributed by atoms with Gasteiger partial charge in [-0.2, -0.15) is 5.26 Å². The van der Waals surface area contributed by atoms with Crippen LogP contribution in [0.3, 0.4) is 0 Å². The Morgan fingerprint density at radius 2 is 2.00 bits per heavy atom. The first-order valence-corrected chi connectivity index (χ1v) is 8.21. The molecular formula is C20H21N3O3. The second-order valence-electron chi connectivity index (χ2n) is 6.05. The third kappa shape index (κ3) is 3.57. The molecule has 0 aliphatic heterocycles. The van der Waals surface area contributed by atoms with Gasteiger partial charge in [-0.1, -0.05) is 6.07 Å². The number of benzene rings is 1. The van der Waals surface area contributed by atoms with Gasteiger partial charge in [0.05, 0.1) is 17.7 Å². The number of ether oxygens (including phenoxy) is 1. The Bertz CT molecular complexity index is 894. The quantitative estimate of drug-likeness (QED) is 0.772. The van der Waals surface area contributed by atoms with E-state index in [-0.39, 0.29) is 11.7 Å². The van der Waals surface area contributed by atoms with Crippen molar-refractivity contribution in [3.05, 3.63) is 46.8 Å². The van der Waals surface area contributed by atoms with E-state index in [0.29, 0.717) is 45.9 Å². The molecule has 0 bridgehead atoms. The number of carbonyl (C=O) groups is 2. The average molecular weight is 351 g/mol. The van der Waals surface area contributed by atoms with E-state index in [9.17, 15) is 14.9 Å². The van der Waals surface area contributed by atoms with Gasteiger partial charge in [0.15, 0.2) is 5.78 Å². The number of pyridine rings is 1. The maximum atomic E-state index is 12.1. The van der Waals surface area contributed by atoms with Gasteiger partial charge in [0.1, 0.15) is 17.5 Å². The van der Waals surface area contributed by atoms with Crippen LogP contribution in [0.5, 0.6) is 5.75 Å². The van der Waals surface area contributed by atoms with E-state index in [1.807, 2.05) is 6.92 Å². The Kier molecular flexibility index (Phi) is 5.73. The number of hydrogen-bond acceptors (Lipinski definition) is 5. The van der Waals surface area contributed by atoms with Crippen molar-refractivity contribution in [2.75, 3.05) is 20.7 Å². The fraction of sp³-hybridized carbons (Fsp3) is 0.300. The average Bonchev–Trinajstić information content (AvgIpc) is 2.61. The van der Waals surface area contributed by atoms with Crippen LogP contribution in [0.4, 0.5) is 0 Å². The number of hydrogen-bond donors (Lipinski definition) is 0. The fourth-order valence-corrected chi connectivity index (χ4v) is 2.67. The van der Waals surface area contributed by atoms with Gasteiger partial charge in [-0.25, -0.2) is 0 Å². The summed E-state index contributed by atoms with van der Waals surface area (Å²) in [6.45, 7) is 5.41. The SMILES string of the molecule is CCOc1c(C(C)=O)cc(C)c(C#N)c1-c1ccc(C(=O)N(C)C)nc1. The zero-order valence-electron chi connectivity index (χ0n) is 15.6. The summed E-state index contributed by atoms with van der Waals surface area (Å²) in [4.78, 5) is 29.7. The highest BCUT2D eigenvalue weighted by Crippen LogP contribution is 2.38. The smallest absolute Gasteiger partial charge is 0.271 e. The minimum absolute atomic E-state index is 0.144. The van der Waals surface area contributed by atoms with Crippen molar-refractivity contribution in [2.45, 2.75) is 20.8 Å². The molecule has 0 aliphatic rings. The fourth-order valence-electron chi connectivity index (χ4n) is 2.67. The maximum Gasteiger partial charge on any atom is 0.271 e. The zero-order chi connectivity index (χ0) is 19.4. The van der Waals surface area contributed by atoms with Crippen molar-refractivity contribution in [1.82, 2.24) is 9.88 Å². The molecular weight excluding hydrogens is 330 g/mol. The normalized spacial score (nSPS) is 10.2. The van der Waals surface area contributed by atoms with Crippen LogP contribution in [0.25, 0.3) is 11.1 Å². The van der Waals surface area contributed by atoms with Crippen LogP contribution in [0.15, 0.2) is 24.4 Å². The Morgan fingerprint density at radius 1 is 1.31 bits per heavy atom. The number of nitriles is 1. The molecule has 0 radical (unpaired) electrons. The van der Waals surface area contributed by atoms with E-state index in [0.717, 1.165) is 0 Å². The van der Waals surface area contributed by atoms with Crippen molar-refractivity contribution in [2.24, 2.45) is 0 Å². The van der Waals surface area contributed by atoms with Crippen LogP contribution in [0, 0.1) is 18.3 Å². The van der Waals surface area contributed by atoms with Crippen LogP contribution in [-0.4, -0.2) is 42.3 Å². The predicted octanol–water partition coefficient (Wildman–Crippen LogP) is 3.23. The first-order valence-electron chi connectivity index (χ1n) is 8.21. The summed E-state index contributed by atoms with van der Waals surface area (Å²) >= 11 is 0. The molecule has 0 spiro atoms. The first-order chi connectivity index (χ1) is 12.3. The van der Waals surface area contributed by atoms with Crippen molar-refractivity contribution in [3.63, 3.8) is 0 Å². The summed E-state index contributed by atoms with van der Waals surface area (Å²) < 4.78 is 5.72. The molecule has 1 amide bonds. The highest BCUT2D eigenvalue weighted by Gasteiger charge is 2.22. The predicted molar refractivity (Wildman–Crippen MR) is 98.3 cm³/mol. The highest BCUT2D eigenvalue weighted by molar-refractivity contribution is 6.01. The highest BCUT2D eigenvalue weighted by atomic mass is 16.5. The number of Topliss-reactive ketones (excluding diaryl/α,β-unsaturated/α-hetero) is 1. The van der Waals surface area contributed by atoms with Gasteiger partial charge in [0.25, 0.3) is 5.91 Å². The van der Waals surface area contributed by atoms with E-state index in [1.165, 1.54) is 18.0 Å². The van der Waals surface area contributed by atoms with Gasteiger partial charge in [0.2, 0.25) is 0 Å². The molecule has 0 N–H and O–H groups in total. The summed E-state index contributed by atoms with van der Waals surface area (Å²) in [5.41, 5.74) is 2.97. The van der Waals surface area contributed by atoms with Gasteiger partial charge in [-0.15, -0.1) is 0 Å². The number of ketones is 1. The molecule has 2 rings (SSSR count). The molecule has 1 aromatic carbocycles. The third-order valence-electron chi connectivity index (χ3n) is 3.93. The molecule has 0 saturated carbocycles. The maximum absolute atomic E-state index is 12.1. The molecule has 0 unspecified atom stereocenters. The van der Waals surface area contributed by atoms with E-state index in [4.69, 9.17) is 4.74 Å². The molecule has 134 valence electrons. The molecule has 26 heavy (non-hydrogen) atoms. The summed E-state index contributed by atoms with van der Waals surface area (Å²) in [6.07, 6.45) is 1.53. The number of nitrogens with zero attached hydrogens (tertiary/aromatic N) is 3. The Morgan fingerprint density at radius 3 is 2.46 bits per heavy atom. The van der Waals surface area contributed by atoms with Crippen LogP contribution in [0.2, 0.25) is 0 Å². The lowest BCUT2D eigenvalue weighted by molar-refractivity contribution is 0.0821. The molecule has 6 nitrogen and oxygen atoms in total. The van der Waals surface area contributed by atoms with Crippen molar-refractivity contribution in [1.29, 1.82) is 5.26 Å². The molecule has 6 heteroatoms. The summed E-state index contributed by atoms with van der Waals surface area (Å²) in [6, 6.07) is 7.18. The molecule has 0 fully saturated rings. The van der Waals surface area contributed by atoms with Gasteiger partial charge >= 0.3 is 0 Å². The van der Waals surface area contributed by atoms with Crippen molar-refractivity contribution in [3.8, 4) is 22.9 Å². The minimum atomic E-state index is -0.212. The van der Waals surface area contributed by atoms with Crippen molar-refractivity contribution < 1.29 is 14.3 Å². The van der Waals surface area contributed by atoms with Gasteiger partial charge in [-0.05, 0) is 38.5 Å². The lowest BCUT2D eigenvalue weighted by atomic mass is 9.92. The first kappa shape index (κ1) is 19.1. The van der Waals surface area contributed by atoms with Crippen LogP contribution < -0.4 is 4.74 Å². The Hall–Kier alpha value is -3.20. The van der Waals surface area contributed by atoms with Crippen LogP contribution in [0.1, 0.15) is 45.8 Å². The topological polar surface area (TPSA) is 83.3 Å². The zero-order valence-corrected chi connectivity index (χ0v) is 15.6.